The lowest BCUT2D eigenvalue weighted by molar-refractivity contribution is 0.944. The summed E-state index contributed by atoms with van der Waals surface area (Å²) < 4.78 is 2.56. The first-order valence-corrected chi connectivity index (χ1v) is 10.2. The van der Waals surface area contributed by atoms with Gasteiger partial charge in [0.05, 0.1) is 21.6 Å². The van der Waals surface area contributed by atoms with Gasteiger partial charge in [-0.25, -0.2) is 4.98 Å². The first-order valence-electron chi connectivity index (χ1n) is 8.75. The average Bonchev–Trinajstić information content (AvgIpc) is 2.68. The molecule has 0 N–H and O–H groups in total. The Hall–Kier alpha value is -2.44. The maximum atomic E-state index is 13.3. The summed E-state index contributed by atoms with van der Waals surface area (Å²) in [6, 6.07) is 21.1. The van der Waals surface area contributed by atoms with E-state index in [1.54, 1.807) is 10.6 Å². The fraction of sp³-hybridized carbons (Fsp3) is 0.0435. The van der Waals surface area contributed by atoms with Crippen LogP contribution in [0.4, 0.5) is 0 Å². The number of rotatable bonds is 3. The van der Waals surface area contributed by atoms with E-state index in [4.69, 9.17) is 16.6 Å². The highest BCUT2D eigenvalue weighted by Crippen LogP contribution is 2.22. The van der Waals surface area contributed by atoms with Crippen LogP contribution >= 0.6 is 34.2 Å². The molecule has 0 atom stereocenters. The summed E-state index contributed by atoms with van der Waals surface area (Å²) in [4.78, 5) is 18.1. The van der Waals surface area contributed by atoms with Gasteiger partial charge in [0.15, 0.2) is 0 Å². The molecule has 0 saturated heterocycles. The van der Waals surface area contributed by atoms with E-state index in [2.05, 4.69) is 28.7 Å². The molecule has 1 aromatic heterocycles. The molecule has 0 aliphatic carbocycles. The third kappa shape index (κ3) is 3.75. The van der Waals surface area contributed by atoms with Crippen molar-refractivity contribution in [2.75, 3.05) is 0 Å². The Morgan fingerprint density at radius 3 is 2.61 bits per heavy atom. The van der Waals surface area contributed by atoms with Gasteiger partial charge in [-0.05, 0) is 71.5 Å². The van der Waals surface area contributed by atoms with Crippen LogP contribution in [0.5, 0.6) is 0 Å². The molecule has 4 rings (SSSR count). The van der Waals surface area contributed by atoms with Crippen LogP contribution in [0.3, 0.4) is 0 Å². The van der Waals surface area contributed by atoms with E-state index in [0.717, 1.165) is 9.13 Å². The number of para-hydroxylation sites is 1. The molecule has 0 amide bonds. The van der Waals surface area contributed by atoms with Gasteiger partial charge in [0.25, 0.3) is 5.56 Å². The van der Waals surface area contributed by atoms with Crippen LogP contribution < -0.4 is 5.56 Å². The molecule has 0 fully saturated rings. The number of halogens is 2. The molecule has 0 bridgehead atoms. The lowest BCUT2D eigenvalue weighted by Gasteiger charge is -2.13. The maximum absolute atomic E-state index is 13.3. The number of aryl methyl sites for hydroxylation is 1. The van der Waals surface area contributed by atoms with Crippen molar-refractivity contribution in [1.29, 1.82) is 0 Å². The second-order valence-corrected chi connectivity index (χ2v) is 8.12. The molecule has 0 spiro atoms. The monoisotopic (exact) mass is 498 g/mol. The lowest BCUT2D eigenvalue weighted by atomic mass is 10.1. The number of aromatic nitrogens is 2. The highest BCUT2D eigenvalue weighted by Gasteiger charge is 2.13. The molecule has 0 saturated carbocycles. The van der Waals surface area contributed by atoms with Crippen molar-refractivity contribution >= 4 is 57.2 Å². The second kappa shape index (κ2) is 7.89. The molecule has 3 aromatic carbocycles. The van der Waals surface area contributed by atoms with E-state index >= 15 is 0 Å². The molecule has 0 aliphatic rings. The Morgan fingerprint density at radius 2 is 1.82 bits per heavy atom. The van der Waals surface area contributed by atoms with Gasteiger partial charge in [-0.2, -0.15) is 0 Å². The number of hydrogen-bond donors (Lipinski definition) is 0. The zero-order chi connectivity index (χ0) is 19.7. The Morgan fingerprint density at radius 1 is 1.00 bits per heavy atom. The Balaban J connectivity index is 1.98. The predicted octanol–water partition coefficient (Wildman–Crippen LogP) is 6.12. The van der Waals surface area contributed by atoms with Gasteiger partial charge < -0.3 is 0 Å². The van der Waals surface area contributed by atoms with Crippen molar-refractivity contribution in [1.82, 2.24) is 9.55 Å². The van der Waals surface area contributed by atoms with Gasteiger partial charge in [-0.1, -0.05) is 59.6 Å². The fourth-order valence-corrected chi connectivity index (χ4v) is 3.81. The largest absolute Gasteiger partial charge is 0.268 e. The maximum Gasteiger partial charge on any atom is 0.266 e. The molecule has 0 aliphatic heterocycles. The quantitative estimate of drug-likeness (QED) is 0.319. The standard InChI is InChI=1S/C23H16ClIN2O/c1-15-5-4-6-16(13-15)9-12-22-26-20-11-10-17(25)14-18(20)23(28)27(22)21-8-3-2-7-19(21)24/h2-14H,1H3/b12-9+. The van der Waals surface area contributed by atoms with Crippen molar-refractivity contribution in [2.45, 2.75) is 6.92 Å². The van der Waals surface area contributed by atoms with Crippen molar-refractivity contribution in [3.8, 4) is 5.69 Å². The van der Waals surface area contributed by atoms with Crippen LogP contribution in [-0.4, -0.2) is 9.55 Å². The molecule has 4 aromatic rings. The van der Waals surface area contributed by atoms with Crippen LogP contribution in [0, 0.1) is 10.5 Å². The summed E-state index contributed by atoms with van der Waals surface area (Å²) in [7, 11) is 0. The van der Waals surface area contributed by atoms with Gasteiger partial charge in [0, 0.05) is 3.57 Å². The van der Waals surface area contributed by atoms with Gasteiger partial charge in [-0.15, -0.1) is 0 Å². The van der Waals surface area contributed by atoms with E-state index in [0.29, 0.717) is 27.4 Å². The first kappa shape index (κ1) is 18.9. The molecular formula is C23H16ClIN2O. The highest BCUT2D eigenvalue weighted by molar-refractivity contribution is 14.1. The molecule has 28 heavy (non-hydrogen) atoms. The molecule has 1 heterocycles. The van der Waals surface area contributed by atoms with E-state index in [1.165, 1.54) is 5.56 Å². The molecule has 3 nitrogen and oxygen atoms in total. The van der Waals surface area contributed by atoms with Crippen LogP contribution in [0.25, 0.3) is 28.7 Å². The minimum absolute atomic E-state index is 0.138. The van der Waals surface area contributed by atoms with Crippen molar-refractivity contribution in [2.24, 2.45) is 0 Å². The fourth-order valence-electron chi connectivity index (χ4n) is 3.10. The molecule has 5 heteroatoms. The third-order valence-corrected chi connectivity index (χ3v) is 5.41. The van der Waals surface area contributed by atoms with Gasteiger partial charge in [-0.3, -0.25) is 9.36 Å². The number of fused-ring (bicyclic) bond motifs is 1. The van der Waals surface area contributed by atoms with Crippen LogP contribution in [0.15, 0.2) is 71.5 Å². The molecule has 0 radical (unpaired) electrons. The van der Waals surface area contributed by atoms with Crippen LogP contribution in [0.1, 0.15) is 17.0 Å². The molecule has 138 valence electrons. The van der Waals surface area contributed by atoms with Crippen molar-refractivity contribution in [3.05, 3.63) is 103 Å². The number of nitrogens with zero attached hydrogens (tertiary/aromatic N) is 2. The lowest BCUT2D eigenvalue weighted by Crippen LogP contribution is -2.22. The van der Waals surface area contributed by atoms with Gasteiger partial charge in [0.1, 0.15) is 5.82 Å². The Kier molecular flexibility index (Phi) is 5.33. The zero-order valence-electron chi connectivity index (χ0n) is 15.1. The Labute approximate surface area is 181 Å². The summed E-state index contributed by atoms with van der Waals surface area (Å²) >= 11 is 8.61. The van der Waals surface area contributed by atoms with E-state index in [9.17, 15) is 4.79 Å². The summed E-state index contributed by atoms with van der Waals surface area (Å²) in [6.07, 6.45) is 3.82. The summed E-state index contributed by atoms with van der Waals surface area (Å²) in [5.41, 5.74) is 3.36. The second-order valence-electron chi connectivity index (χ2n) is 6.47. The molecular weight excluding hydrogens is 483 g/mol. The molecule has 0 unspecified atom stereocenters. The average molecular weight is 499 g/mol. The van der Waals surface area contributed by atoms with Gasteiger partial charge >= 0.3 is 0 Å². The Bertz CT molecular complexity index is 1280. The minimum atomic E-state index is -0.138. The van der Waals surface area contributed by atoms with Crippen molar-refractivity contribution < 1.29 is 0 Å². The predicted molar refractivity (Wildman–Crippen MR) is 125 cm³/mol. The number of benzene rings is 3. The van der Waals surface area contributed by atoms with E-state index in [-0.39, 0.29) is 5.56 Å². The summed E-state index contributed by atoms with van der Waals surface area (Å²) in [6.45, 7) is 2.05. The topological polar surface area (TPSA) is 34.9 Å². The number of hydrogen-bond acceptors (Lipinski definition) is 2. The summed E-state index contributed by atoms with van der Waals surface area (Å²) in [5.74, 6) is 0.535. The zero-order valence-corrected chi connectivity index (χ0v) is 18.0. The smallest absolute Gasteiger partial charge is 0.266 e. The highest BCUT2D eigenvalue weighted by atomic mass is 127. The minimum Gasteiger partial charge on any atom is -0.268 e. The van der Waals surface area contributed by atoms with Crippen LogP contribution in [-0.2, 0) is 0 Å². The van der Waals surface area contributed by atoms with E-state index < -0.39 is 0 Å². The van der Waals surface area contributed by atoms with E-state index in [1.807, 2.05) is 73.7 Å². The SMILES string of the molecule is Cc1cccc(/C=C/c2nc3ccc(I)cc3c(=O)n2-c2ccccc2Cl)c1. The normalized spacial score (nSPS) is 11.4. The third-order valence-electron chi connectivity index (χ3n) is 4.42. The first-order chi connectivity index (χ1) is 13.5. The van der Waals surface area contributed by atoms with Crippen molar-refractivity contribution in [3.63, 3.8) is 0 Å². The summed E-state index contributed by atoms with van der Waals surface area (Å²) in [5, 5.41) is 1.07. The van der Waals surface area contributed by atoms with Crippen LogP contribution in [0.2, 0.25) is 5.02 Å². The van der Waals surface area contributed by atoms with Gasteiger partial charge in [0.2, 0.25) is 0 Å².